The number of rotatable bonds is 5. The van der Waals surface area contributed by atoms with Gasteiger partial charge < -0.3 is 10.1 Å². The first kappa shape index (κ1) is 22.3. The van der Waals surface area contributed by atoms with Gasteiger partial charge in [0.05, 0.1) is 16.3 Å². The summed E-state index contributed by atoms with van der Waals surface area (Å²) in [5.41, 5.74) is 1.07. The number of carbonyl (C=O) groups excluding carboxylic acids is 1. The van der Waals surface area contributed by atoms with Crippen molar-refractivity contribution in [3.05, 3.63) is 63.9 Å². The molecule has 30 heavy (non-hydrogen) atoms. The third kappa shape index (κ3) is 4.69. The molecule has 1 unspecified atom stereocenters. The molecule has 0 bridgehead atoms. The third-order valence-electron chi connectivity index (χ3n) is 4.28. The quantitative estimate of drug-likeness (QED) is 0.670. The van der Waals surface area contributed by atoms with E-state index in [9.17, 15) is 9.18 Å². The first-order valence-electron chi connectivity index (χ1n) is 9.30. The number of hydrogen-bond acceptors (Lipinski definition) is 5. The summed E-state index contributed by atoms with van der Waals surface area (Å²) in [7, 11) is 0. The van der Waals surface area contributed by atoms with Crippen LogP contribution in [0, 0.1) is 6.92 Å². The van der Waals surface area contributed by atoms with E-state index in [-0.39, 0.29) is 5.91 Å². The van der Waals surface area contributed by atoms with Gasteiger partial charge in [0.2, 0.25) is 0 Å². The summed E-state index contributed by atoms with van der Waals surface area (Å²) >= 11 is 12.6. The lowest BCUT2D eigenvalue weighted by molar-refractivity contribution is 0.0218. The zero-order valence-electron chi connectivity index (χ0n) is 17.1. The average Bonchev–Trinajstić information content (AvgIpc) is 3.03. The van der Waals surface area contributed by atoms with Gasteiger partial charge in [0, 0.05) is 23.0 Å². The van der Waals surface area contributed by atoms with Crippen molar-refractivity contribution in [2.24, 2.45) is 0 Å². The van der Waals surface area contributed by atoms with E-state index in [4.69, 9.17) is 27.9 Å². The standard InChI is InChI=1S/C21H23Cl2FN4O2/c1-13-10-14(22)11-15(20(29)26-21(2,3)4)18(13)28-17(30-12-24)7-9-27(28)19-16(23)6-5-8-25-19/h5-11,17H,12H2,1-4H3,(H,26,29). The monoisotopic (exact) mass is 452 g/mol. The number of halogens is 3. The number of aryl methyl sites for hydroxylation is 1. The van der Waals surface area contributed by atoms with E-state index >= 15 is 0 Å². The fourth-order valence-corrected chi connectivity index (χ4v) is 3.68. The second-order valence-electron chi connectivity index (χ2n) is 7.83. The third-order valence-corrected chi connectivity index (χ3v) is 4.80. The van der Waals surface area contributed by atoms with Crippen LogP contribution in [0.4, 0.5) is 15.9 Å². The van der Waals surface area contributed by atoms with Crippen molar-refractivity contribution >= 4 is 40.6 Å². The highest BCUT2D eigenvalue weighted by molar-refractivity contribution is 6.33. The van der Waals surface area contributed by atoms with Gasteiger partial charge in [0.1, 0.15) is 0 Å². The Bertz CT molecular complexity index is 978. The molecular formula is C21H23Cl2FN4O2. The van der Waals surface area contributed by atoms with Gasteiger partial charge in [0.15, 0.2) is 18.9 Å². The summed E-state index contributed by atoms with van der Waals surface area (Å²) in [5.74, 6) is 0.0953. The zero-order valence-corrected chi connectivity index (χ0v) is 18.6. The van der Waals surface area contributed by atoms with Gasteiger partial charge in [0.25, 0.3) is 5.91 Å². The summed E-state index contributed by atoms with van der Waals surface area (Å²) in [4.78, 5) is 17.5. The fraction of sp³-hybridized carbons (Fsp3) is 0.333. The number of ether oxygens (including phenoxy) is 1. The number of carbonyl (C=O) groups is 1. The predicted octanol–water partition coefficient (Wildman–Crippen LogP) is 5.25. The summed E-state index contributed by atoms with van der Waals surface area (Å²) in [6, 6.07) is 6.71. The lowest BCUT2D eigenvalue weighted by Crippen LogP contribution is -2.46. The molecule has 1 aliphatic rings. The summed E-state index contributed by atoms with van der Waals surface area (Å²) in [6.45, 7) is 6.46. The predicted molar refractivity (Wildman–Crippen MR) is 118 cm³/mol. The van der Waals surface area contributed by atoms with Crippen molar-refractivity contribution in [3.8, 4) is 0 Å². The Morgan fingerprint density at radius 1 is 1.33 bits per heavy atom. The molecule has 1 aromatic heterocycles. The largest absolute Gasteiger partial charge is 0.347 e. The Morgan fingerprint density at radius 3 is 2.70 bits per heavy atom. The maximum atomic E-state index is 13.1. The van der Waals surface area contributed by atoms with E-state index in [1.54, 1.807) is 52.8 Å². The van der Waals surface area contributed by atoms with Crippen LogP contribution < -0.4 is 15.3 Å². The van der Waals surface area contributed by atoms with Crippen molar-refractivity contribution in [2.75, 3.05) is 16.9 Å². The minimum Gasteiger partial charge on any atom is -0.347 e. The second-order valence-corrected chi connectivity index (χ2v) is 8.67. The Labute approximate surface area is 185 Å². The minimum atomic E-state index is -1.01. The van der Waals surface area contributed by atoms with Crippen LogP contribution in [0.15, 0.2) is 42.7 Å². The number of amides is 1. The molecule has 0 spiro atoms. The van der Waals surface area contributed by atoms with Gasteiger partial charge in [-0.05, 0) is 63.6 Å². The van der Waals surface area contributed by atoms with E-state index in [0.29, 0.717) is 32.7 Å². The number of nitrogens with zero attached hydrogens (tertiary/aromatic N) is 3. The van der Waals surface area contributed by atoms with Crippen molar-refractivity contribution < 1.29 is 13.9 Å². The topological polar surface area (TPSA) is 57.7 Å². The van der Waals surface area contributed by atoms with E-state index in [2.05, 4.69) is 10.3 Å². The number of alkyl halides is 1. The number of pyridine rings is 1. The van der Waals surface area contributed by atoms with Crippen LogP contribution in [0.2, 0.25) is 10.0 Å². The lowest BCUT2D eigenvalue weighted by Gasteiger charge is -2.36. The molecule has 1 amide bonds. The zero-order chi connectivity index (χ0) is 22.1. The van der Waals surface area contributed by atoms with E-state index < -0.39 is 18.6 Å². The maximum absolute atomic E-state index is 13.1. The molecule has 2 aromatic rings. The van der Waals surface area contributed by atoms with Crippen LogP contribution in [0.5, 0.6) is 0 Å². The molecule has 3 rings (SSSR count). The Kier molecular flexibility index (Phi) is 6.55. The molecule has 0 radical (unpaired) electrons. The molecule has 0 saturated carbocycles. The number of benzene rings is 1. The SMILES string of the molecule is Cc1cc(Cl)cc(C(=O)NC(C)(C)C)c1N1C(OCF)C=CN1c1ncccc1Cl. The van der Waals surface area contributed by atoms with Crippen molar-refractivity contribution in [1.29, 1.82) is 0 Å². The summed E-state index contributed by atoms with van der Waals surface area (Å²) in [6.07, 6.45) is 4.12. The molecule has 1 aromatic carbocycles. The Hall–Kier alpha value is -2.35. The molecule has 9 heteroatoms. The number of aromatic nitrogens is 1. The van der Waals surface area contributed by atoms with Crippen LogP contribution >= 0.6 is 23.2 Å². The molecule has 1 aliphatic heterocycles. The second kappa shape index (κ2) is 8.79. The first-order chi connectivity index (χ1) is 14.1. The molecule has 1 atom stereocenters. The molecule has 0 saturated heterocycles. The molecule has 6 nitrogen and oxygen atoms in total. The molecule has 0 fully saturated rings. The number of hydrogen-bond donors (Lipinski definition) is 1. The van der Waals surface area contributed by atoms with Gasteiger partial charge in [-0.25, -0.2) is 19.4 Å². The van der Waals surface area contributed by atoms with Crippen molar-refractivity contribution in [2.45, 2.75) is 39.5 Å². The molecule has 2 heterocycles. The number of nitrogens with one attached hydrogen (secondary N) is 1. The smallest absolute Gasteiger partial charge is 0.253 e. The number of hydrazine groups is 1. The van der Waals surface area contributed by atoms with Crippen LogP contribution in [0.1, 0.15) is 36.7 Å². The molecular weight excluding hydrogens is 430 g/mol. The van der Waals surface area contributed by atoms with E-state index in [0.717, 1.165) is 0 Å². The van der Waals surface area contributed by atoms with E-state index in [1.807, 2.05) is 27.7 Å². The number of anilines is 2. The highest BCUT2D eigenvalue weighted by Crippen LogP contribution is 2.38. The van der Waals surface area contributed by atoms with Crippen LogP contribution in [0.25, 0.3) is 0 Å². The van der Waals surface area contributed by atoms with Gasteiger partial charge in [-0.2, -0.15) is 0 Å². The highest BCUT2D eigenvalue weighted by atomic mass is 35.5. The molecule has 0 aliphatic carbocycles. The van der Waals surface area contributed by atoms with Gasteiger partial charge >= 0.3 is 0 Å². The van der Waals surface area contributed by atoms with Crippen LogP contribution in [0.3, 0.4) is 0 Å². The molecule has 1 N–H and O–H groups in total. The van der Waals surface area contributed by atoms with Gasteiger partial charge in [-0.15, -0.1) is 0 Å². The van der Waals surface area contributed by atoms with E-state index in [1.165, 1.54) is 0 Å². The Balaban J connectivity index is 2.16. The lowest BCUT2D eigenvalue weighted by atomic mass is 10.0. The Morgan fingerprint density at radius 2 is 2.07 bits per heavy atom. The first-order valence-corrected chi connectivity index (χ1v) is 10.1. The van der Waals surface area contributed by atoms with Gasteiger partial charge in [-0.3, -0.25) is 4.79 Å². The summed E-state index contributed by atoms with van der Waals surface area (Å²) < 4.78 is 18.4. The average molecular weight is 453 g/mol. The maximum Gasteiger partial charge on any atom is 0.253 e. The van der Waals surface area contributed by atoms with Crippen molar-refractivity contribution in [1.82, 2.24) is 10.3 Å². The van der Waals surface area contributed by atoms with Gasteiger partial charge in [-0.1, -0.05) is 23.2 Å². The van der Waals surface area contributed by atoms with Crippen LogP contribution in [-0.4, -0.2) is 29.5 Å². The highest BCUT2D eigenvalue weighted by Gasteiger charge is 2.35. The van der Waals surface area contributed by atoms with Crippen LogP contribution in [-0.2, 0) is 4.74 Å². The molecule has 160 valence electrons. The minimum absolute atomic E-state index is 0.318. The summed E-state index contributed by atoms with van der Waals surface area (Å²) in [5, 5.41) is 7.01. The fourth-order valence-electron chi connectivity index (χ4n) is 3.20. The normalized spacial score (nSPS) is 16.3. The van der Waals surface area contributed by atoms with Crippen molar-refractivity contribution in [3.63, 3.8) is 0 Å².